The number of aromatic nitrogens is 1. The van der Waals surface area contributed by atoms with E-state index in [2.05, 4.69) is 10.3 Å². The zero-order chi connectivity index (χ0) is 12.6. The van der Waals surface area contributed by atoms with E-state index in [9.17, 15) is 13.8 Å². The van der Waals surface area contributed by atoms with E-state index in [4.69, 9.17) is 0 Å². The highest BCUT2D eigenvalue weighted by Gasteiger charge is 2.34. The van der Waals surface area contributed by atoms with Crippen molar-refractivity contribution in [3.05, 3.63) is 40.2 Å². The van der Waals surface area contributed by atoms with Crippen LogP contribution >= 0.6 is 0 Å². The number of fused-ring (bicyclic) bond motifs is 1. The van der Waals surface area contributed by atoms with Gasteiger partial charge < -0.3 is 5.32 Å². The van der Waals surface area contributed by atoms with Crippen LogP contribution in [0.25, 0.3) is 0 Å². The number of Topliss-reactive ketones (excluding diaryl/α,β-unsaturated/α-hetero) is 2. The van der Waals surface area contributed by atoms with Gasteiger partial charge in [0, 0.05) is 19.5 Å². The molecule has 0 aromatic carbocycles. The maximum atomic E-state index is 12.1. The summed E-state index contributed by atoms with van der Waals surface area (Å²) in [6.45, 7) is 0. The Morgan fingerprint density at radius 3 is 2.59 bits per heavy atom. The first kappa shape index (κ1) is 11.7. The first-order valence-corrected chi connectivity index (χ1v) is 6.43. The molecule has 1 N–H and O–H groups in total. The van der Waals surface area contributed by atoms with E-state index in [1.165, 1.54) is 25.6 Å². The summed E-state index contributed by atoms with van der Waals surface area (Å²) >= 11 is 0. The van der Waals surface area contributed by atoms with E-state index in [-0.39, 0.29) is 21.9 Å². The van der Waals surface area contributed by atoms with Crippen molar-refractivity contribution < 1.29 is 13.8 Å². The number of nitrogens with zero attached hydrogens (tertiary/aromatic N) is 1. The number of rotatable bonds is 2. The molecule has 0 spiro atoms. The highest BCUT2D eigenvalue weighted by Crippen LogP contribution is 2.24. The van der Waals surface area contributed by atoms with E-state index in [0.717, 1.165) is 0 Å². The van der Waals surface area contributed by atoms with Crippen LogP contribution in [0.2, 0.25) is 0 Å². The number of pyridine rings is 1. The van der Waals surface area contributed by atoms with E-state index < -0.39 is 22.4 Å². The van der Waals surface area contributed by atoms with E-state index in [1.54, 1.807) is 6.07 Å². The normalized spacial score (nSPS) is 16.8. The minimum absolute atomic E-state index is 0.0120. The van der Waals surface area contributed by atoms with Crippen molar-refractivity contribution in [2.24, 2.45) is 0 Å². The van der Waals surface area contributed by atoms with Gasteiger partial charge in [0.05, 0.1) is 16.4 Å². The van der Waals surface area contributed by atoms with Crippen LogP contribution in [0, 0.1) is 0 Å². The minimum atomic E-state index is -1.52. The summed E-state index contributed by atoms with van der Waals surface area (Å²) in [5, 5.41) is 2.63. The minimum Gasteiger partial charge on any atom is -0.384 e. The van der Waals surface area contributed by atoms with Crippen LogP contribution < -0.4 is 5.32 Å². The molecule has 0 amide bonds. The Labute approximate surface area is 100 Å². The number of hydrogen-bond donors (Lipinski definition) is 1. The Balaban J connectivity index is 2.73. The highest BCUT2D eigenvalue weighted by atomic mass is 32.2. The summed E-state index contributed by atoms with van der Waals surface area (Å²) in [7, 11) is -0.00586. The Hall–Kier alpha value is -1.82. The molecule has 1 aliphatic carbocycles. The summed E-state index contributed by atoms with van der Waals surface area (Å²) in [6.07, 6.45) is 2.82. The van der Waals surface area contributed by atoms with E-state index >= 15 is 0 Å². The first-order chi connectivity index (χ1) is 8.07. The molecule has 1 atom stereocenters. The SMILES string of the molecule is CNC1=C(S(C)=O)C(=O)c2cccnc2C1=O. The fourth-order valence-electron chi connectivity index (χ4n) is 1.73. The van der Waals surface area contributed by atoms with Gasteiger partial charge in [-0.15, -0.1) is 0 Å². The molecule has 5 nitrogen and oxygen atoms in total. The van der Waals surface area contributed by atoms with Crippen LogP contribution in [0.3, 0.4) is 0 Å². The number of carbonyl (C=O) groups excluding carboxylic acids is 2. The summed E-state index contributed by atoms with van der Waals surface area (Å²) in [5.74, 6) is -0.800. The summed E-state index contributed by atoms with van der Waals surface area (Å²) < 4.78 is 11.6. The van der Waals surface area contributed by atoms with Crippen molar-refractivity contribution in [3.8, 4) is 0 Å². The van der Waals surface area contributed by atoms with Crippen molar-refractivity contribution >= 4 is 22.4 Å². The number of allylic oxidation sites excluding steroid dienone is 2. The van der Waals surface area contributed by atoms with Gasteiger partial charge in [0.1, 0.15) is 16.3 Å². The maximum absolute atomic E-state index is 12.1. The lowest BCUT2D eigenvalue weighted by molar-refractivity contribution is 0.0972. The Morgan fingerprint density at radius 1 is 1.29 bits per heavy atom. The van der Waals surface area contributed by atoms with E-state index in [0.29, 0.717) is 0 Å². The lowest BCUT2D eigenvalue weighted by Gasteiger charge is -2.18. The third-order valence-electron chi connectivity index (χ3n) is 2.47. The van der Waals surface area contributed by atoms with Crippen molar-refractivity contribution in [1.82, 2.24) is 10.3 Å². The third kappa shape index (κ3) is 1.70. The molecule has 1 unspecified atom stereocenters. The highest BCUT2D eigenvalue weighted by molar-refractivity contribution is 7.89. The average molecular weight is 250 g/mol. The summed E-state index contributed by atoms with van der Waals surface area (Å²) in [4.78, 5) is 28.0. The fourth-order valence-corrected chi connectivity index (χ4v) is 2.58. The Morgan fingerprint density at radius 2 is 2.00 bits per heavy atom. The Kier molecular flexibility index (Phi) is 2.89. The van der Waals surface area contributed by atoms with Gasteiger partial charge >= 0.3 is 0 Å². The zero-order valence-corrected chi connectivity index (χ0v) is 10.1. The molecule has 1 aliphatic rings. The molecule has 0 aliphatic heterocycles. The Bertz CT molecular complexity index is 578. The third-order valence-corrected chi connectivity index (χ3v) is 3.43. The van der Waals surface area contributed by atoms with Crippen LogP contribution in [-0.2, 0) is 10.8 Å². The number of carbonyl (C=O) groups is 2. The van der Waals surface area contributed by atoms with Crippen LogP contribution in [0.5, 0.6) is 0 Å². The maximum Gasteiger partial charge on any atom is 0.229 e. The van der Waals surface area contributed by atoms with Gasteiger partial charge in [-0.1, -0.05) is 0 Å². The lowest BCUT2D eigenvalue weighted by atomic mass is 9.97. The molecule has 0 saturated carbocycles. The van der Waals surface area contributed by atoms with Gasteiger partial charge in [0.25, 0.3) is 0 Å². The van der Waals surface area contributed by atoms with Gasteiger partial charge in [-0.2, -0.15) is 0 Å². The number of ketones is 2. The fraction of sp³-hybridized carbons (Fsp3) is 0.182. The second-order valence-corrected chi connectivity index (χ2v) is 4.78. The molecule has 6 heteroatoms. The molecule has 0 bridgehead atoms. The topological polar surface area (TPSA) is 76.1 Å². The van der Waals surface area contributed by atoms with Crippen molar-refractivity contribution in [3.63, 3.8) is 0 Å². The lowest BCUT2D eigenvalue weighted by Crippen LogP contribution is -2.30. The smallest absolute Gasteiger partial charge is 0.229 e. The number of hydrogen-bond acceptors (Lipinski definition) is 5. The van der Waals surface area contributed by atoms with Gasteiger partial charge in [0.2, 0.25) is 11.6 Å². The quantitative estimate of drug-likeness (QED) is 0.815. The van der Waals surface area contributed by atoms with Crippen LogP contribution in [0.1, 0.15) is 20.8 Å². The van der Waals surface area contributed by atoms with Gasteiger partial charge in [-0.25, -0.2) is 0 Å². The standard InChI is InChI=1S/C11H10N2O3S/c1-12-8-10(15)7-6(4-3-5-13-7)9(14)11(8)17(2)16/h3-5,12H,1-2H3. The van der Waals surface area contributed by atoms with Gasteiger partial charge in [-0.3, -0.25) is 18.8 Å². The van der Waals surface area contributed by atoms with Crippen LogP contribution in [0.4, 0.5) is 0 Å². The molecular weight excluding hydrogens is 240 g/mol. The second kappa shape index (κ2) is 4.21. The molecule has 0 fully saturated rings. The molecule has 0 saturated heterocycles. The predicted molar refractivity (Wildman–Crippen MR) is 63.1 cm³/mol. The second-order valence-electron chi connectivity index (χ2n) is 3.47. The zero-order valence-electron chi connectivity index (χ0n) is 9.31. The number of likely N-dealkylation sites (N-methyl/N-ethyl adjacent to an activating group) is 1. The average Bonchev–Trinajstić information content (AvgIpc) is 2.33. The molecule has 1 heterocycles. The predicted octanol–water partition coefficient (Wildman–Crippen LogP) is 0.270. The molecular formula is C11H10N2O3S. The van der Waals surface area contributed by atoms with Crippen molar-refractivity contribution in [1.29, 1.82) is 0 Å². The van der Waals surface area contributed by atoms with Crippen LogP contribution in [0.15, 0.2) is 28.9 Å². The summed E-state index contributed by atoms with van der Waals surface area (Å²) in [6, 6.07) is 3.09. The molecule has 1 aromatic rings. The van der Waals surface area contributed by atoms with Crippen LogP contribution in [-0.4, -0.2) is 34.1 Å². The number of nitrogens with one attached hydrogen (secondary N) is 1. The van der Waals surface area contributed by atoms with E-state index in [1.807, 2.05) is 0 Å². The molecule has 88 valence electrons. The largest absolute Gasteiger partial charge is 0.384 e. The van der Waals surface area contributed by atoms with Gasteiger partial charge in [-0.05, 0) is 12.1 Å². The molecule has 2 rings (SSSR count). The van der Waals surface area contributed by atoms with Crippen molar-refractivity contribution in [2.45, 2.75) is 0 Å². The molecule has 1 aromatic heterocycles. The van der Waals surface area contributed by atoms with Crippen molar-refractivity contribution in [2.75, 3.05) is 13.3 Å². The monoisotopic (exact) mass is 250 g/mol. The van der Waals surface area contributed by atoms with Gasteiger partial charge in [0.15, 0.2) is 0 Å². The molecule has 17 heavy (non-hydrogen) atoms. The molecule has 0 radical (unpaired) electrons. The first-order valence-electron chi connectivity index (χ1n) is 4.87. The summed E-state index contributed by atoms with van der Waals surface area (Å²) in [5.41, 5.74) is 0.389.